The lowest BCUT2D eigenvalue weighted by atomic mass is 10.2. The van der Waals surface area contributed by atoms with Crippen molar-refractivity contribution >= 4 is 11.3 Å². The molecule has 0 aliphatic carbocycles. The van der Waals surface area contributed by atoms with Crippen molar-refractivity contribution in [3.05, 3.63) is 16.1 Å². The molecule has 96 valence electrons. The molecular weight excluding hydrogens is 232 g/mol. The first-order chi connectivity index (χ1) is 8.19. The molecule has 0 aromatic carbocycles. The number of morpholine rings is 1. The summed E-state index contributed by atoms with van der Waals surface area (Å²) in [6.07, 6.45) is 2.64. The number of aryl methyl sites for hydroxylation is 1. The van der Waals surface area contributed by atoms with Crippen LogP contribution in [-0.4, -0.2) is 35.2 Å². The highest BCUT2D eigenvalue weighted by molar-refractivity contribution is 7.09. The first kappa shape index (κ1) is 13.0. The van der Waals surface area contributed by atoms with E-state index in [1.807, 2.05) is 0 Å². The number of nitrogens with zero attached hydrogens (tertiary/aromatic N) is 2. The zero-order valence-electron chi connectivity index (χ0n) is 11.0. The molecule has 3 nitrogen and oxygen atoms in total. The molecule has 0 radical (unpaired) electrons. The Bertz CT molecular complexity index is 353. The molecule has 1 saturated heterocycles. The largest absolute Gasteiger partial charge is 0.376 e. The number of thiazole rings is 1. The molecule has 0 saturated carbocycles. The predicted octanol–water partition coefficient (Wildman–Crippen LogP) is 2.70. The molecule has 2 atom stereocenters. The first-order valence-electron chi connectivity index (χ1n) is 6.48. The van der Waals surface area contributed by atoms with Crippen LogP contribution in [0.1, 0.15) is 37.9 Å². The fourth-order valence-corrected chi connectivity index (χ4v) is 3.04. The maximum Gasteiger partial charge on any atom is 0.0928 e. The fraction of sp³-hybridized carbons (Fsp3) is 0.769. The van der Waals surface area contributed by atoms with Gasteiger partial charge in [-0.2, -0.15) is 0 Å². The van der Waals surface area contributed by atoms with Gasteiger partial charge in [0.2, 0.25) is 0 Å². The molecule has 0 amide bonds. The van der Waals surface area contributed by atoms with Crippen molar-refractivity contribution in [2.75, 3.05) is 13.2 Å². The quantitative estimate of drug-likeness (QED) is 0.826. The molecule has 2 unspecified atom stereocenters. The Morgan fingerprint density at radius 3 is 3.12 bits per heavy atom. The summed E-state index contributed by atoms with van der Waals surface area (Å²) >= 11 is 1.80. The fourth-order valence-electron chi connectivity index (χ4n) is 2.15. The third-order valence-corrected chi connectivity index (χ3v) is 4.12. The zero-order valence-corrected chi connectivity index (χ0v) is 11.8. The monoisotopic (exact) mass is 254 g/mol. The number of rotatable bonds is 4. The molecule has 1 fully saturated rings. The van der Waals surface area contributed by atoms with Crippen LogP contribution in [0.25, 0.3) is 0 Å². The van der Waals surface area contributed by atoms with Gasteiger partial charge in [-0.15, -0.1) is 11.3 Å². The lowest BCUT2D eigenvalue weighted by Crippen LogP contribution is -2.46. The molecule has 2 rings (SSSR count). The highest BCUT2D eigenvalue weighted by Gasteiger charge is 2.23. The summed E-state index contributed by atoms with van der Waals surface area (Å²) in [6, 6.07) is 0.502. The van der Waals surface area contributed by atoms with E-state index in [1.165, 1.54) is 17.1 Å². The number of hydrogen-bond donors (Lipinski definition) is 0. The zero-order chi connectivity index (χ0) is 12.3. The number of hydrogen-bond acceptors (Lipinski definition) is 4. The van der Waals surface area contributed by atoms with Crippen LogP contribution in [0.3, 0.4) is 0 Å². The van der Waals surface area contributed by atoms with Gasteiger partial charge in [0.05, 0.1) is 23.4 Å². The topological polar surface area (TPSA) is 25.4 Å². The van der Waals surface area contributed by atoms with Crippen LogP contribution in [0.15, 0.2) is 5.38 Å². The van der Waals surface area contributed by atoms with Crippen LogP contribution in [-0.2, 0) is 17.7 Å². The van der Waals surface area contributed by atoms with Gasteiger partial charge >= 0.3 is 0 Å². The maximum atomic E-state index is 5.64. The van der Waals surface area contributed by atoms with Gasteiger partial charge in [-0.1, -0.05) is 6.92 Å². The molecule has 1 aliphatic rings. The van der Waals surface area contributed by atoms with E-state index in [4.69, 9.17) is 4.74 Å². The Labute approximate surface area is 108 Å². The van der Waals surface area contributed by atoms with Gasteiger partial charge in [-0.25, -0.2) is 4.98 Å². The molecular formula is C13H22N2OS. The van der Waals surface area contributed by atoms with Crippen LogP contribution in [0, 0.1) is 0 Å². The van der Waals surface area contributed by atoms with E-state index in [1.54, 1.807) is 11.3 Å². The van der Waals surface area contributed by atoms with Crippen molar-refractivity contribution in [3.8, 4) is 0 Å². The van der Waals surface area contributed by atoms with E-state index in [9.17, 15) is 0 Å². The SMILES string of the molecule is CCCc1nc(CN2CC(C)OCC2C)cs1. The van der Waals surface area contributed by atoms with Gasteiger partial charge in [0, 0.05) is 24.5 Å². The average Bonchev–Trinajstić information content (AvgIpc) is 2.72. The number of ether oxygens (including phenoxy) is 1. The summed E-state index contributed by atoms with van der Waals surface area (Å²) in [5.74, 6) is 0. The third-order valence-electron chi connectivity index (χ3n) is 3.17. The molecule has 1 aromatic heterocycles. The minimum Gasteiger partial charge on any atom is -0.376 e. The lowest BCUT2D eigenvalue weighted by molar-refractivity contribution is -0.0530. The summed E-state index contributed by atoms with van der Waals surface area (Å²) in [6.45, 7) is 9.39. The summed E-state index contributed by atoms with van der Waals surface area (Å²) in [4.78, 5) is 7.16. The normalized spacial score (nSPS) is 26.3. The Balaban J connectivity index is 1.94. The van der Waals surface area contributed by atoms with Crippen molar-refractivity contribution in [3.63, 3.8) is 0 Å². The van der Waals surface area contributed by atoms with Gasteiger partial charge in [0.15, 0.2) is 0 Å². The second-order valence-corrected chi connectivity index (χ2v) is 5.85. The van der Waals surface area contributed by atoms with Gasteiger partial charge in [0.25, 0.3) is 0 Å². The highest BCUT2D eigenvalue weighted by atomic mass is 32.1. The van der Waals surface area contributed by atoms with Crippen molar-refractivity contribution in [1.29, 1.82) is 0 Å². The van der Waals surface area contributed by atoms with Crippen LogP contribution in [0.5, 0.6) is 0 Å². The average molecular weight is 254 g/mol. The van der Waals surface area contributed by atoms with E-state index in [0.717, 1.165) is 26.1 Å². The minimum absolute atomic E-state index is 0.347. The molecule has 4 heteroatoms. The molecule has 0 N–H and O–H groups in total. The summed E-state index contributed by atoms with van der Waals surface area (Å²) in [5.41, 5.74) is 1.22. The smallest absolute Gasteiger partial charge is 0.0928 e. The molecule has 1 aromatic rings. The molecule has 17 heavy (non-hydrogen) atoms. The summed E-state index contributed by atoms with van der Waals surface area (Å²) in [5, 5.41) is 3.48. The van der Waals surface area contributed by atoms with E-state index in [-0.39, 0.29) is 0 Å². The summed E-state index contributed by atoms with van der Waals surface area (Å²) in [7, 11) is 0. The Morgan fingerprint density at radius 1 is 1.53 bits per heavy atom. The van der Waals surface area contributed by atoms with Gasteiger partial charge in [-0.05, 0) is 26.7 Å². The first-order valence-corrected chi connectivity index (χ1v) is 7.36. The second-order valence-electron chi connectivity index (χ2n) is 4.90. The van der Waals surface area contributed by atoms with Crippen molar-refractivity contribution in [2.45, 2.75) is 52.3 Å². The van der Waals surface area contributed by atoms with Crippen LogP contribution >= 0.6 is 11.3 Å². The van der Waals surface area contributed by atoms with Crippen LogP contribution < -0.4 is 0 Å². The van der Waals surface area contributed by atoms with Gasteiger partial charge in [-0.3, -0.25) is 4.90 Å². The minimum atomic E-state index is 0.347. The van der Waals surface area contributed by atoms with Gasteiger partial charge < -0.3 is 4.74 Å². The molecule has 0 bridgehead atoms. The highest BCUT2D eigenvalue weighted by Crippen LogP contribution is 2.17. The van der Waals surface area contributed by atoms with E-state index in [0.29, 0.717) is 12.1 Å². The van der Waals surface area contributed by atoms with Gasteiger partial charge in [0.1, 0.15) is 0 Å². The Hall–Kier alpha value is -0.450. The van der Waals surface area contributed by atoms with Crippen molar-refractivity contribution in [2.24, 2.45) is 0 Å². The Morgan fingerprint density at radius 2 is 2.35 bits per heavy atom. The molecule has 2 heterocycles. The Kier molecular flexibility index (Phi) is 4.54. The standard InChI is InChI=1S/C13H22N2OS/c1-4-5-13-14-12(9-17-13)7-15-6-11(3)16-8-10(15)2/h9-11H,4-8H2,1-3H3. The maximum absolute atomic E-state index is 5.64. The van der Waals surface area contributed by atoms with E-state index >= 15 is 0 Å². The molecule has 0 spiro atoms. The van der Waals surface area contributed by atoms with E-state index < -0.39 is 0 Å². The van der Waals surface area contributed by atoms with E-state index in [2.05, 4.69) is 36.0 Å². The van der Waals surface area contributed by atoms with Crippen LogP contribution in [0.4, 0.5) is 0 Å². The van der Waals surface area contributed by atoms with Crippen molar-refractivity contribution < 1.29 is 4.74 Å². The third kappa shape index (κ3) is 3.50. The number of aromatic nitrogens is 1. The predicted molar refractivity (Wildman–Crippen MR) is 71.4 cm³/mol. The van der Waals surface area contributed by atoms with Crippen molar-refractivity contribution in [1.82, 2.24) is 9.88 Å². The second kappa shape index (κ2) is 5.94. The summed E-state index contributed by atoms with van der Waals surface area (Å²) < 4.78 is 5.64. The lowest BCUT2D eigenvalue weighted by Gasteiger charge is -2.36. The molecule has 1 aliphatic heterocycles. The van der Waals surface area contributed by atoms with Crippen LogP contribution in [0.2, 0.25) is 0 Å².